The van der Waals surface area contributed by atoms with E-state index in [0.717, 1.165) is 0 Å². The maximum Gasteiger partial charge on any atom is 0.311 e. The molecule has 0 spiro atoms. The van der Waals surface area contributed by atoms with Crippen LogP contribution in [0.3, 0.4) is 0 Å². The van der Waals surface area contributed by atoms with Gasteiger partial charge in [0, 0.05) is 0 Å². The van der Waals surface area contributed by atoms with Crippen molar-refractivity contribution >= 4 is 22.9 Å². The Morgan fingerprint density at radius 2 is 1.58 bits per heavy atom. The monoisotopic (exact) mass is 203 g/mol. The first-order valence-electron chi connectivity index (χ1n) is 4.31. The van der Waals surface area contributed by atoms with Gasteiger partial charge in [-0.15, -0.1) is 0 Å². The fourth-order valence-corrected chi connectivity index (χ4v) is 15.1. The molecule has 0 radical (unpaired) electrons. The third-order valence-corrected chi connectivity index (χ3v) is 12.1. The van der Waals surface area contributed by atoms with Crippen LogP contribution >= 0.6 is 0 Å². The Morgan fingerprint density at radius 1 is 1.17 bits per heavy atom. The van der Waals surface area contributed by atoms with Gasteiger partial charge in [0.1, 0.15) is 0 Å². The van der Waals surface area contributed by atoms with E-state index in [4.69, 9.17) is 4.84 Å². The second kappa shape index (κ2) is 2.97. The minimum absolute atomic E-state index is 0.578. The van der Waals surface area contributed by atoms with Gasteiger partial charge in [-0.2, -0.15) is 4.39 Å². The average Bonchev–Trinajstić information content (AvgIpc) is 2.13. The maximum absolute atomic E-state index is 10.3. The van der Waals surface area contributed by atoms with Gasteiger partial charge in [-0.05, 0) is 12.1 Å². The molecular weight excluding hydrogens is 186 g/mol. The second-order valence-electron chi connectivity index (χ2n) is 4.62. The lowest BCUT2D eigenvalue weighted by Crippen LogP contribution is -2.54. The molecule has 12 heavy (non-hydrogen) atoms. The van der Waals surface area contributed by atoms with E-state index in [2.05, 4.69) is 30.6 Å². The average molecular weight is 203 g/mol. The molecule has 0 atom stereocenters. The van der Waals surface area contributed by atoms with E-state index in [-0.39, 0.29) is 0 Å². The van der Waals surface area contributed by atoms with Gasteiger partial charge in [0.2, 0.25) is 0 Å². The molecule has 0 unspecified atom stereocenters. The van der Waals surface area contributed by atoms with Crippen molar-refractivity contribution in [1.82, 2.24) is 4.39 Å². The molecule has 5 heteroatoms. The Morgan fingerprint density at radius 3 is 1.92 bits per heavy atom. The van der Waals surface area contributed by atoms with Crippen LogP contribution in [0.15, 0.2) is 0 Å². The number of hydrogen-bond donors (Lipinski definition) is 0. The first kappa shape index (κ1) is 9.95. The number of carbonyl (C=O) groups is 1. The molecule has 0 aromatic rings. The lowest BCUT2D eigenvalue weighted by Gasteiger charge is -2.34. The zero-order valence-corrected chi connectivity index (χ0v) is 10.3. The quantitative estimate of drug-likeness (QED) is 0.506. The third-order valence-electron chi connectivity index (χ3n) is 2.60. The summed E-state index contributed by atoms with van der Waals surface area (Å²) in [4.78, 5) is 15.4. The number of carbonyl (C=O) groups excluding carboxylic acids is 1. The zero-order valence-electron chi connectivity index (χ0n) is 8.26. The highest BCUT2D eigenvalue weighted by Crippen LogP contribution is 2.36. The van der Waals surface area contributed by atoms with Crippen molar-refractivity contribution in [2.45, 2.75) is 38.3 Å². The number of rotatable bonds is 2. The fourth-order valence-electron chi connectivity index (χ4n) is 1.96. The summed E-state index contributed by atoms with van der Waals surface area (Å²) in [5, 5.41) is 0. The van der Waals surface area contributed by atoms with E-state index in [1.165, 1.54) is 12.1 Å². The summed E-state index contributed by atoms with van der Waals surface area (Å²) >= 11 is 0. The molecule has 1 fully saturated rings. The van der Waals surface area contributed by atoms with E-state index in [9.17, 15) is 4.79 Å². The molecule has 0 bridgehead atoms. The van der Waals surface area contributed by atoms with E-state index in [1.54, 1.807) is 0 Å². The molecule has 3 nitrogen and oxygen atoms in total. The van der Waals surface area contributed by atoms with Crippen LogP contribution < -0.4 is 0 Å². The Kier molecular flexibility index (Phi) is 2.46. The van der Waals surface area contributed by atoms with Gasteiger partial charge in [-0.3, -0.25) is 4.79 Å². The minimum Gasteiger partial charge on any atom is -0.385 e. The summed E-state index contributed by atoms with van der Waals surface area (Å²) in [5.41, 5.74) is 0. The summed E-state index contributed by atoms with van der Waals surface area (Å²) in [5.74, 6) is 0. The first-order chi connectivity index (χ1) is 5.40. The summed E-state index contributed by atoms with van der Waals surface area (Å²) in [6.07, 6.45) is 0. The standard InChI is InChI=1S/C7H17NO2Si2/c1-11(2)5-6-12(3,4)8(11)10-7-9/h7H,5-6H2,1-4H3. The van der Waals surface area contributed by atoms with E-state index < -0.39 is 16.5 Å². The van der Waals surface area contributed by atoms with E-state index in [1.807, 2.05) is 0 Å². The molecule has 0 amide bonds. The Labute approximate surface area is 75.8 Å². The largest absolute Gasteiger partial charge is 0.385 e. The minimum atomic E-state index is -1.38. The van der Waals surface area contributed by atoms with Gasteiger partial charge in [-0.25, -0.2) is 0 Å². The van der Waals surface area contributed by atoms with Crippen LogP contribution in [0.5, 0.6) is 0 Å². The van der Waals surface area contributed by atoms with Crippen molar-refractivity contribution < 1.29 is 9.63 Å². The van der Waals surface area contributed by atoms with E-state index in [0.29, 0.717) is 6.47 Å². The molecule has 1 saturated heterocycles. The van der Waals surface area contributed by atoms with Gasteiger partial charge in [0.15, 0.2) is 16.5 Å². The molecule has 0 aromatic heterocycles. The molecule has 1 rings (SSSR count). The van der Waals surface area contributed by atoms with Gasteiger partial charge < -0.3 is 4.84 Å². The van der Waals surface area contributed by atoms with Gasteiger partial charge in [-0.1, -0.05) is 26.2 Å². The van der Waals surface area contributed by atoms with Crippen LogP contribution in [0, 0.1) is 0 Å². The van der Waals surface area contributed by atoms with Gasteiger partial charge in [0.25, 0.3) is 0 Å². The Balaban J connectivity index is 2.80. The van der Waals surface area contributed by atoms with Crippen molar-refractivity contribution in [1.29, 1.82) is 0 Å². The molecule has 70 valence electrons. The third kappa shape index (κ3) is 1.62. The summed E-state index contributed by atoms with van der Waals surface area (Å²) in [6.45, 7) is 9.63. The first-order valence-corrected chi connectivity index (χ1v) is 10.6. The number of hydrogen-bond acceptors (Lipinski definition) is 3. The Bertz CT molecular complexity index is 178. The lowest BCUT2D eigenvalue weighted by atomic mass is 10.9. The van der Waals surface area contributed by atoms with Crippen molar-refractivity contribution in [2.24, 2.45) is 0 Å². The molecule has 1 heterocycles. The number of nitrogens with zero attached hydrogens (tertiary/aromatic N) is 1. The predicted molar refractivity (Wildman–Crippen MR) is 53.6 cm³/mol. The zero-order chi connectivity index (χ0) is 9.41. The van der Waals surface area contributed by atoms with Crippen LogP contribution in [-0.2, 0) is 9.63 Å². The van der Waals surface area contributed by atoms with Crippen LogP contribution in [0.2, 0.25) is 38.3 Å². The molecule has 0 aromatic carbocycles. The SMILES string of the molecule is C[Si]1(C)CC[Si](C)(C)N1OC=O. The predicted octanol–water partition coefficient (Wildman–Crippen LogP) is 1.80. The topological polar surface area (TPSA) is 29.5 Å². The summed E-state index contributed by atoms with van der Waals surface area (Å²) < 4.78 is 2.08. The molecular formula is C7H17NO2Si2. The fraction of sp³-hybridized carbons (Fsp3) is 0.857. The highest BCUT2D eigenvalue weighted by molar-refractivity contribution is 6.94. The molecule has 0 saturated carbocycles. The van der Waals surface area contributed by atoms with Crippen molar-refractivity contribution in [3.8, 4) is 0 Å². The smallest absolute Gasteiger partial charge is 0.311 e. The molecule has 0 aliphatic carbocycles. The second-order valence-corrected chi connectivity index (χ2v) is 14.1. The van der Waals surface area contributed by atoms with Crippen molar-refractivity contribution in [3.05, 3.63) is 0 Å². The van der Waals surface area contributed by atoms with E-state index >= 15 is 0 Å². The van der Waals surface area contributed by atoms with Crippen LogP contribution in [0.1, 0.15) is 0 Å². The summed E-state index contributed by atoms with van der Waals surface area (Å²) in [7, 11) is -2.77. The van der Waals surface area contributed by atoms with Crippen LogP contribution in [0.4, 0.5) is 0 Å². The molecule has 1 aliphatic rings. The lowest BCUT2D eigenvalue weighted by molar-refractivity contribution is -0.144. The maximum atomic E-state index is 10.3. The normalized spacial score (nSPS) is 27.0. The highest BCUT2D eigenvalue weighted by atomic mass is 28.4. The Hall–Kier alpha value is -0.136. The van der Waals surface area contributed by atoms with Crippen molar-refractivity contribution in [2.75, 3.05) is 0 Å². The summed E-state index contributed by atoms with van der Waals surface area (Å²) in [6, 6.07) is 2.53. The van der Waals surface area contributed by atoms with Crippen LogP contribution in [0.25, 0.3) is 0 Å². The molecule has 1 aliphatic heterocycles. The molecule has 0 N–H and O–H groups in total. The van der Waals surface area contributed by atoms with Gasteiger partial charge in [0.05, 0.1) is 0 Å². The van der Waals surface area contributed by atoms with Crippen LogP contribution in [-0.4, -0.2) is 27.3 Å². The van der Waals surface area contributed by atoms with Gasteiger partial charge >= 0.3 is 6.47 Å². The van der Waals surface area contributed by atoms with Crippen molar-refractivity contribution in [3.63, 3.8) is 0 Å². The highest BCUT2D eigenvalue weighted by Gasteiger charge is 2.49.